The number of rotatable bonds is 7. The SMILES string of the molecule is C=CCN(C)S(=O)(=O)c1ccc(NC(=O)N[C@@H](C)CC)cc1. The van der Waals surface area contributed by atoms with Crippen LogP contribution in [0.15, 0.2) is 41.8 Å². The topological polar surface area (TPSA) is 78.5 Å². The monoisotopic (exact) mass is 325 g/mol. The van der Waals surface area contributed by atoms with E-state index in [1.54, 1.807) is 12.1 Å². The number of nitrogens with zero attached hydrogens (tertiary/aromatic N) is 1. The largest absolute Gasteiger partial charge is 0.335 e. The van der Waals surface area contributed by atoms with Crippen LogP contribution < -0.4 is 10.6 Å². The van der Waals surface area contributed by atoms with Crippen molar-refractivity contribution >= 4 is 21.7 Å². The number of benzene rings is 1. The van der Waals surface area contributed by atoms with Gasteiger partial charge in [-0.1, -0.05) is 13.0 Å². The van der Waals surface area contributed by atoms with Crippen LogP contribution in [0.4, 0.5) is 10.5 Å². The molecule has 6 nitrogen and oxygen atoms in total. The smallest absolute Gasteiger partial charge is 0.319 e. The number of sulfonamides is 1. The van der Waals surface area contributed by atoms with Gasteiger partial charge in [-0.25, -0.2) is 13.2 Å². The van der Waals surface area contributed by atoms with Crippen molar-refractivity contribution in [2.24, 2.45) is 0 Å². The Labute approximate surface area is 132 Å². The first kappa shape index (κ1) is 18.2. The average molecular weight is 325 g/mol. The highest BCUT2D eigenvalue weighted by molar-refractivity contribution is 7.89. The number of anilines is 1. The van der Waals surface area contributed by atoms with Crippen LogP contribution in [0, 0.1) is 0 Å². The zero-order valence-corrected chi connectivity index (χ0v) is 14.0. The van der Waals surface area contributed by atoms with E-state index in [0.29, 0.717) is 5.69 Å². The van der Waals surface area contributed by atoms with Gasteiger partial charge in [0.1, 0.15) is 0 Å². The van der Waals surface area contributed by atoms with Gasteiger partial charge < -0.3 is 10.6 Å². The van der Waals surface area contributed by atoms with Gasteiger partial charge in [0.15, 0.2) is 0 Å². The average Bonchev–Trinajstić information content (AvgIpc) is 2.47. The highest BCUT2D eigenvalue weighted by Gasteiger charge is 2.19. The standard InChI is InChI=1S/C15H23N3O3S/c1-5-11-18(4)22(20,21)14-9-7-13(8-10-14)17-15(19)16-12(3)6-2/h5,7-10,12H,1,6,11H2,2-4H3,(H2,16,17,19)/t12-/m0/s1. The molecule has 0 radical (unpaired) electrons. The van der Waals surface area contributed by atoms with Gasteiger partial charge in [0.25, 0.3) is 0 Å². The fraction of sp³-hybridized carbons (Fsp3) is 0.400. The van der Waals surface area contributed by atoms with Crippen LogP contribution in [0.5, 0.6) is 0 Å². The number of hydrogen-bond acceptors (Lipinski definition) is 3. The highest BCUT2D eigenvalue weighted by Crippen LogP contribution is 2.17. The Balaban J connectivity index is 2.79. The van der Waals surface area contributed by atoms with E-state index < -0.39 is 10.0 Å². The maximum atomic E-state index is 12.2. The van der Waals surface area contributed by atoms with Crippen molar-refractivity contribution < 1.29 is 13.2 Å². The van der Waals surface area contributed by atoms with Crippen molar-refractivity contribution in [3.05, 3.63) is 36.9 Å². The quantitative estimate of drug-likeness (QED) is 0.756. The molecule has 0 unspecified atom stereocenters. The molecule has 2 N–H and O–H groups in total. The normalized spacial score (nSPS) is 12.7. The van der Waals surface area contributed by atoms with Crippen LogP contribution >= 0.6 is 0 Å². The number of carbonyl (C=O) groups is 1. The first-order valence-electron chi connectivity index (χ1n) is 7.06. The van der Waals surface area contributed by atoms with Crippen LogP contribution in [0.25, 0.3) is 0 Å². The maximum absolute atomic E-state index is 12.2. The Morgan fingerprint density at radius 1 is 1.36 bits per heavy atom. The Morgan fingerprint density at radius 3 is 2.45 bits per heavy atom. The second-order valence-electron chi connectivity index (χ2n) is 5.01. The van der Waals surface area contributed by atoms with E-state index in [1.165, 1.54) is 29.6 Å². The number of hydrogen-bond donors (Lipinski definition) is 2. The summed E-state index contributed by atoms with van der Waals surface area (Å²) in [6.07, 6.45) is 2.35. The van der Waals surface area contributed by atoms with Gasteiger partial charge in [-0.05, 0) is 37.6 Å². The van der Waals surface area contributed by atoms with Crippen LogP contribution in [0.1, 0.15) is 20.3 Å². The summed E-state index contributed by atoms with van der Waals surface area (Å²) in [4.78, 5) is 11.9. The summed E-state index contributed by atoms with van der Waals surface area (Å²) >= 11 is 0. The van der Waals surface area contributed by atoms with Gasteiger partial charge in [-0.15, -0.1) is 6.58 Å². The molecule has 0 heterocycles. The van der Waals surface area contributed by atoms with E-state index in [2.05, 4.69) is 17.2 Å². The molecular formula is C15H23N3O3S. The summed E-state index contributed by atoms with van der Waals surface area (Å²) in [5, 5.41) is 5.44. The second kappa shape index (κ2) is 7.95. The van der Waals surface area contributed by atoms with E-state index in [-0.39, 0.29) is 23.5 Å². The summed E-state index contributed by atoms with van der Waals surface area (Å²) in [6, 6.07) is 5.82. The molecule has 1 atom stereocenters. The van der Waals surface area contributed by atoms with Gasteiger partial charge in [-0.2, -0.15) is 4.31 Å². The van der Waals surface area contributed by atoms with Gasteiger partial charge >= 0.3 is 6.03 Å². The summed E-state index contributed by atoms with van der Waals surface area (Å²) in [7, 11) is -2.05. The summed E-state index contributed by atoms with van der Waals surface area (Å²) in [5.74, 6) is 0. The lowest BCUT2D eigenvalue weighted by molar-refractivity contribution is 0.249. The third-order valence-corrected chi connectivity index (χ3v) is 5.03. The maximum Gasteiger partial charge on any atom is 0.319 e. The minimum absolute atomic E-state index is 0.0761. The number of likely N-dealkylation sites (N-methyl/N-ethyl adjacent to an activating group) is 1. The first-order valence-corrected chi connectivity index (χ1v) is 8.50. The molecule has 0 spiro atoms. The van der Waals surface area contributed by atoms with Gasteiger partial charge in [0, 0.05) is 25.3 Å². The number of nitrogens with one attached hydrogen (secondary N) is 2. The van der Waals surface area contributed by atoms with E-state index in [9.17, 15) is 13.2 Å². The minimum atomic E-state index is -3.54. The van der Waals surface area contributed by atoms with E-state index >= 15 is 0 Å². The number of amides is 2. The third kappa shape index (κ3) is 4.85. The fourth-order valence-corrected chi connectivity index (χ4v) is 2.80. The zero-order valence-electron chi connectivity index (χ0n) is 13.2. The lowest BCUT2D eigenvalue weighted by atomic mass is 10.3. The first-order chi connectivity index (χ1) is 10.3. The predicted octanol–water partition coefficient (Wildman–Crippen LogP) is 2.41. The summed E-state index contributed by atoms with van der Waals surface area (Å²) < 4.78 is 25.6. The molecule has 22 heavy (non-hydrogen) atoms. The second-order valence-corrected chi connectivity index (χ2v) is 7.05. The lowest BCUT2D eigenvalue weighted by Gasteiger charge is -2.16. The molecule has 0 aliphatic heterocycles. The molecule has 1 rings (SSSR count). The third-order valence-electron chi connectivity index (χ3n) is 3.20. The van der Waals surface area contributed by atoms with Gasteiger partial charge in [0.2, 0.25) is 10.0 Å². The van der Waals surface area contributed by atoms with Crippen LogP contribution in [-0.4, -0.2) is 38.4 Å². The van der Waals surface area contributed by atoms with Gasteiger partial charge in [0.05, 0.1) is 4.90 Å². The predicted molar refractivity (Wildman–Crippen MR) is 88.4 cm³/mol. The Kier molecular flexibility index (Phi) is 6.58. The molecule has 2 amide bonds. The highest BCUT2D eigenvalue weighted by atomic mass is 32.2. The Hall–Kier alpha value is -1.86. The Morgan fingerprint density at radius 2 is 1.95 bits per heavy atom. The van der Waals surface area contributed by atoms with E-state index in [0.717, 1.165) is 6.42 Å². The van der Waals surface area contributed by atoms with Crippen molar-refractivity contribution in [1.82, 2.24) is 9.62 Å². The summed E-state index contributed by atoms with van der Waals surface area (Å²) in [6.45, 7) is 7.64. The van der Waals surface area contributed by atoms with Crippen molar-refractivity contribution in [2.75, 3.05) is 18.9 Å². The lowest BCUT2D eigenvalue weighted by Crippen LogP contribution is -2.35. The molecule has 0 bridgehead atoms. The number of urea groups is 1. The van der Waals surface area contributed by atoms with Crippen molar-refractivity contribution in [3.63, 3.8) is 0 Å². The van der Waals surface area contributed by atoms with Crippen LogP contribution in [-0.2, 0) is 10.0 Å². The molecule has 1 aromatic carbocycles. The van der Waals surface area contributed by atoms with Crippen molar-refractivity contribution in [2.45, 2.75) is 31.2 Å². The molecule has 0 saturated heterocycles. The van der Waals surface area contributed by atoms with Crippen molar-refractivity contribution in [3.8, 4) is 0 Å². The molecule has 122 valence electrons. The Bertz CT molecular complexity index is 611. The molecular weight excluding hydrogens is 302 g/mol. The zero-order chi connectivity index (χ0) is 16.8. The molecule has 1 aromatic rings. The fourth-order valence-electron chi connectivity index (χ4n) is 1.66. The van der Waals surface area contributed by atoms with Crippen LogP contribution in [0.2, 0.25) is 0 Å². The molecule has 0 fully saturated rings. The minimum Gasteiger partial charge on any atom is -0.335 e. The molecule has 0 saturated carbocycles. The molecule has 0 aliphatic rings. The molecule has 0 aromatic heterocycles. The van der Waals surface area contributed by atoms with Crippen LogP contribution in [0.3, 0.4) is 0 Å². The van der Waals surface area contributed by atoms with E-state index in [1.807, 2.05) is 13.8 Å². The molecule has 7 heteroatoms. The number of carbonyl (C=O) groups excluding carboxylic acids is 1. The van der Waals surface area contributed by atoms with Gasteiger partial charge in [-0.3, -0.25) is 0 Å². The van der Waals surface area contributed by atoms with Crippen molar-refractivity contribution in [1.29, 1.82) is 0 Å². The molecule has 0 aliphatic carbocycles. The van der Waals surface area contributed by atoms with E-state index in [4.69, 9.17) is 0 Å². The summed E-state index contributed by atoms with van der Waals surface area (Å²) in [5.41, 5.74) is 0.533.